The summed E-state index contributed by atoms with van der Waals surface area (Å²) >= 11 is 0. The SMILES string of the molecule is Cc1ccc(-c2cc(C(=O)OCC(=O)N(C)C3CCS(=O)(=O)C3)c3ccccc3n2)c(C)c1. The quantitative estimate of drug-likeness (QED) is 0.536. The van der Waals surface area contributed by atoms with Gasteiger partial charge < -0.3 is 9.64 Å². The molecule has 0 aliphatic carbocycles. The van der Waals surface area contributed by atoms with Crippen LogP contribution in [0.2, 0.25) is 0 Å². The Kier molecular flexibility index (Phi) is 6.21. The Morgan fingerprint density at radius 3 is 2.58 bits per heavy atom. The van der Waals surface area contributed by atoms with E-state index >= 15 is 0 Å². The number of esters is 1. The van der Waals surface area contributed by atoms with Crippen molar-refractivity contribution in [3.63, 3.8) is 0 Å². The number of fused-ring (bicyclic) bond motifs is 1. The Morgan fingerprint density at radius 1 is 1.12 bits per heavy atom. The number of para-hydroxylation sites is 1. The lowest BCUT2D eigenvalue weighted by atomic mass is 9.99. The predicted molar refractivity (Wildman–Crippen MR) is 127 cm³/mol. The highest BCUT2D eigenvalue weighted by atomic mass is 32.2. The highest BCUT2D eigenvalue weighted by Crippen LogP contribution is 2.28. The van der Waals surface area contributed by atoms with Gasteiger partial charge in [-0.1, -0.05) is 42.0 Å². The van der Waals surface area contributed by atoms with Gasteiger partial charge in [-0.2, -0.15) is 0 Å². The summed E-state index contributed by atoms with van der Waals surface area (Å²) in [6.07, 6.45) is 0.396. The van der Waals surface area contributed by atoms with Gasteiger partial charge in [0, 0.05) is 24.0 Å². The van der Waals surface area contributed by atoms with Gasteiger partial charge in [0.1, 0.15) is 0 Å². The fraction of sp³-hybridized carbons (Fsp3) is 0.320. The molecule has 0 spiro atoms. The Balaban J connectivity index is 1.58. The van der Waals surface area contributed by atoms with Crippen LogP contribution in [-0.2, 0) is 19.4 Å². The summed E-state index contributed by atoms with van der Waals surface area (Å²) in [4.78, 5) is 31.7. The smallest absolute Gasteiger partial charge is 0.339 e. The van der Waals surface area contributed by atoms with Crippen molar-refractivity contribution in [2.75, 3.05) is 25.2 Å². The van der Waals surface area contributed by atoms with Gasteiger partial charge in [-0.3, -0.25) is 4.79 Å². The van der Waals surface area contributed by atoms with E-state index < -0.39 is 28.3 Å². The molecule has 1 aliphatic rings. The summed E-state index contributed by atoms with van der Waals surface area (Å²) in [5.41, 5.74) is 4.72. The molecular weight excluding hydrogens is 440 g/mol. The molecule has 0 N–H and O–H groups in total. The molecule has 8 heteroatoms. The summed E-state index contributed by atoms with van der Waals surface area (Å²) in [6.45, 7) is 3.55. The molecule has 0 saturated carbocycles. The van der Waals surface area contributed by atoms with Crippen molar-refractivity contribution in [1.82, 2.24) is 9.88 Å². The van der Waals surface area contributed by atoms with Crippen LogP contribution in [0.15, 0.2) is 48.5 Å². The van der Waals surface area contributed by atoms with Crippen molar-refractivity contribution < 1.29 is 22.7 Å². The second kappa shape index (κ2) is 8.94. The maximum atomic E-state index is 13.0. The Bertz CT molecular complexity index is 1350. The molecule has 1 amide bonds. The molecule has 1 saturated heterocycles. The molecule has 172 valence electrons. The minimum atomic E-state index is -3.12. The molecule has 0 bridgehead atoms. The number of pyridine rings is 1. The van der Waals surface area contributed by atoms with Gasteiger partial charge >= 0.3 is 5.97 Å². The normalized spacial score (nSPS) is 17.1. The van der Waals surface area contributed by atoms with Gasteiger partial charge in [0.05, 0.1) is 28.3 Å². The molecule has 1 unspecified atom stereocenters. The average Bonchev–Trinajstić information content (AvgIpc) is 3.15. The molecule has 3 aromatic rings. The molecule has 33 heavy (non-hydrogen) atoms. The number of nitrogens with zero attached hydrogens (tertiary/aromatic N) is 2. The summed E-state index contributed by atoms with van der Waals surface area (Å²) in [5.74, 6) is -1.05. The first-order valence-electron chi connectivity index (χ1n) is 10.8. The van der Waals surface area contributed by atoms with E-state index in [2.05, 4.69) is 6.07 Å². The average molecular weight is 467 g/mol. The first kappa shape index (κ1) is 22.9. The van der Waals surface area contributed by atoms with Gasteiger partial charge in [0.25, 0.3) is 5.91 Å². The van der Waals surface area contributed by atoms with E-state index in [-0.39, 0.29) is 17.5 Å². The molecular formula is C25H26N2O5S. The molecule has 4 rings (SSSR count). The van der Waals surface area contributed by atoms with Crippen LogP contribution in [0, 0.1) is 13.8 Å². The Morgan fingerprint density at radius 2 is 1.88 bits per heavy atom. The van der Waals surface area contributed by atoms with Crippen molar-refractivity contribution in [2.45, 2.75) is 26.3 Å². The second-order valence-corrected chi connectivity index (χ2v) is 10.8. The Hall–Kier alpha value is -3.26. The maximum Gasteiger partial charge on any atom is 0.339 e. The molecule has 1 aliphatic heterocycles. The van der Waals surface area contributed by atoms with Gasteiger partial charge in [0.2, 0.25) is 0 Å². The van der Waals surface area contributed by atoms with Crippen LogP contribution in [0.3, 0.4) is 0 Å². The van der Waals surface area contributed by atoms with Crippen LogP contribution in [0.1, 0.15) is 27.9 Å². The number of benzene rings is 2. The lowest BCUT2D eigenvalue weighted by Crippen LogP contribution is -2.40. The van der Waals surface area contributed by atoms with Crippen molar-refractivity contribution in [3.8, 4) is 11.3 Å². The summed E-state index contributed by atoms with van der Waals surface area (Å²) in [6, 6.07) is 14.6. The van der Waals surface area contributed by atoms with E-state index in [1.54, 1.807) is 19.2 Å². The van der Waals surface area contributed by atoms with Crippen LogP contribution in [-0.4, -0.2) is 61.4 Å². The number of rotatable bonds is 5. The number of likely N-dealkylation sites (N-methyl/N-ethyl adjacent to an activating group) is 1. The molecule has 2 aromatic carbocycles. The number of carbonyl (C=O) groups is 2. The summed E-state index contributed by atoms with van der Waals surface area (Å²) in [5, 5.41) is 0.638. The van der Waals surface area contributed by atoms with Gasteiger partial charge in [-0.15, -0.1) is 0 Å². The van der Waals surface area contributed by atoms with Crippen molar-refractivity contribution >= 4 is 32.6 Å². The molecule has 7 nitrogen and oxygen atoms in total. The third kappa shape index (κ3) is 4.90. The predicted octanol–water partition coefficient (Wildman–Crippen LogP) is 3.32. The molecule has 1 atom stereocenters. The van der Waals surface area contributed by atoms with E-state index in [0.717, 1.165) is 16.7 Å². The number of aryl methyl sites for hydroxylation is 2. The van der Waals surface area contributed by atoms with Gasteiger partial charge in [-0.05, 0) is 38.0 Å². The Labute approximate surface area is 193 Å². The lowest BCUT2D eigenvalue weighted by molar-refractivity contribution is -0.134. The van der Waals surface area contributed by atoms with Crippen LogP contribution in [0.5, 0.6) is 0 Å². The van der Waals surface area contributed by atoms with E-state index in [9.17, 15) is 18.0 Å². The third-order valence-corrected chi connectivity index (χ3v) is 7.82. The highest BCUT2D eigenvalue weighted by molar-refractivity contribution is 7.91. The minimum absolute atomic E-state index is 0.0581. The first-order chi connectivity index (χ1) is 15.6. The first-order valence-corrected chi connectivity index (χ1v) is 12.6. The van der Waals surface area contributed by atoms with E-state index in [1.807, 2.05) is 44.2 Å². The van der Waals surface area contributed by atoms with Gasteiger partial charge in [0.15, 0.2) is 16.4 Å². The van der Waals surface area contributed by atoms with Crippen LogP contribution < -0.4 is 0 Å². The number of carbonyl (C=O) groups excluding carboxylic acids is 2. The van der Waals surface area contributed by atoms with Crippen LogP contribution in [0.25, 0.3) is 22.2 Å². The number of amides is 1. The zero-order chi connectivity index (χ0) is 23.8. The van der Waals surface area contributed by atoms with Crippen LogP contribution >= 0.6 is 0 Å². The fourth-order valence-corrected chi connectivity index (χ4v) is 5.95. The maximum absolute atomic E-state index is 13.0. The number of hydrogen-bond acceptors (Lipinski definition) is 6. The van der Waals surface area contributed by atoms with Crippen molar-refractivity contribution in [1.29, 1.82) is 0 Å². The molecule has 1 fully saturated rings. The molecule has 2 heterocycles. The topological polar surface area (TPSA) is 93.6 Å². The van der Waals surface area contributed by atoms with Gasteiger partial charge in [-0.25, -0.2) is 18.2 Å². The standard InChI is InChI=1S/C25H26N2O5S/c1-16-8-9-19(17(2)12-16)23-13-21(20-6-4-5-7-22(20)26-23)25(29)32-14-24(28)27(3)18-10-11-33(30,31)15-18/h4-9,12-13,18H,10-11,14-15H2,1-3H3. The van der Waals surface area contributed by atoms with E-state index in [0.29, 0.717) is 28.6 Å². The monoisotopic (exact) mass is 466 g/mol. The van der Waals surface area contributed by atoms with E-state index in [1.165, 1.54) is 4.90 Å². The number of sulfone groups is 1. The molecule has 1 aromatic heterocycles. The van der Waals surface area contributed by atoms with Crippen LogP contribution in [0.4, 0.5) is 0 Å². The lowest BCUT2D eigenvalue weighted by Gasteiger charge is -2.23. The number of ether oxygens (including phenoxy) is 1. The summed E-state index contributed by atoms with van der Waals surface area (Å²) in [7, 11) is -1.58. The second-order valence-electron chi connectivity index (χ2n) is 8.53. The minimum Gasteiger partial charge on any atom is -0.452 e. The highest BCUT2D eigenvalue weighted by Gasteiger charge is 2.33. The number of hydrogen-bond donors (Lipinski definition) is 0. The number of aromatic nitrogens is 1. The van der Waals surface area contributed by atoms with Crippen molar-refractivity contribution in [3.05, 3.63) is 65.2 Å². The van der Waals surface area contributed by atoms with E-state index in [4.69, 9.17) is 9.72 Å². The fourth-order valence-electron chi connectivity index (χ4n) is 4.17. The van der Waals surface area contributed by atoms with Crippen molar-refractivity contribution in [2.24, 2.45) is 0 Å². The molecule has 0 radical (unpaired) electrons. The summed E-state index contributed by atoms with van der Waals surface area (Å²) < 4.78 is 28.8. The largest absolute Gasteiger partial charge is 0.452 e. The third-order valence-electron chi connectivity index (χ3n) is 6.07. The zero-order valence-corrected chi connectivity index (χ0v) is 19.7. The zero-order valence-electron chi connectivity index (χ0n) is 18.9.